The first-order valence-corrected chi connectivity index (χ1v) is 10.5. The number of ether oxygens (including phenoxy) is 1. The molecule has 1 heterocycles. The molecule has 3 aromatic rings. The summed E-state index contributed by atoms with van der Waals surface area (Å²) in [4.78, 5) is 29.4. The average Bonchev–Trinajstić information content (AvgIpc) is 3.00. The molecule has 0 bridgehead atoms. The number of hydrogen-bond donors (Lipinski definition) is 0. The molecule has 0 aromatic heterocycles. The second-order valence-corrected chi connectivity index (χ2v) is 8.24. The van der Waals surface area contributed by atoms with Crippen LogP contribution in [0.15, 0.2) is 82.6 Å². The number of halogens is 1. The third kappa shape index (κ3) is 3.74. The van der Waals surface area contributed by atoms with E-state index in [1.807, 2.05) is 37.3 Å². The number of imide groups is 1. The molecule has 0 atom stereocenters. The average molecular weight is 436 g/mol. The maximum atomic E-state index is 13.5. The highest BCUT2D eigenvalue weighted by atomic mass is 35.5. The second kappa shape index (κ2) is 8.38. The molecule has 4 rings (SSSR count). The van der Waals surface area contributed by atoms with Crippen LogP contribution in [0.1, 0.15) is 11.1 Å². The molecule has 1 aliphatic heterocycles. The van der Waals surface area contributed by atoms with Crippen LogP contribution >= 0.6 is 23.4 Å². The van der Waals surface area contributed by atoms with E-state index in [1.165, 1.54) is 16.7 Å². The summed E-state index contributed by atoms with van der Waals surface area (Å²) in [6, 6.07) is 21.7. The number of benzene rings is 3. The molecule has 3 aromatic carbocycles. The highest BCUT2D eigenvalue weighted by molar-refractivity contribution is 8.04. The molecule has 1 aliphatic rings. The summed E-state index contributed by atoms with van der Waals surface area (Å²) in [5.74, 6) is 0.00906. The normalized spacial score (nSPS) is 13.9. The van der Waals surface area contributed by atoms with Gasteiger partial charge < -0.3 is 4.74 Å². The van der Waals surface area contributed by atoms with Gasteiger partial charge in [0.2, 0.25) is 0 Å². The Morgan fingerprint density at radius 2 is 1.53 bits per heavy atom. The van der Waals surface area contributed by atoms with Crippen molar-refractivity contribution < 1.29 is 14.3 Å². The van der Waals surface area contributed by atoms with Crippen LogP contribution in [0.4, 0.5) is 5.69 Å². The number of amides is 2. The number of anilines is 1. The zero-order chi connectivity index (χ0) is 21.3. The summed E-state index contributed by atoms with van der Waals surface area (Å²) in [6.45, 7) is 1.88. The molecule has 30 heavy (non-hydrogen) atoms. The molecule has 0 saturated carbocycles. The van der Waals surface area contributed by atoms with Crippen LogP contribution in [0.25, 0.3) is 5.57 Å². The van der Waals surface area contributed by atoms with E-state index in [1.54, 1.807) is 49.6 Å². The number of nitrogens with zero attached hydrogens (tertiary/aromatic N) is 1. The minimum Gasteiger partial charge on any atom is -0.497 e. The fraction of sp³-hybridized carbons (Fsp3) is 0.0833. The summed E-state index contributed by atoms with van der Waals surface area (Å²) in [7, 11) is 1.58. The first-order valence-electron chi connectivity index (χ1n) is 9.26. The lowest BCUT2D eigenvalue weighted by Crippen LogP contribution is -2.31. The summed E-state index contributed by atoms with van der Waals surface area (Å²) >= 11 is 7.26. The molecule has 0 fully saturated rings. The van der Waals surface area contributed by atoms with Gasteiger partial charge in [0.15, 0.2) is 0 Å². The van der Waals surface area contributed by atoms with E-state index in [0.29, 0.717) is 32.5 Å². The van der Waals surface area contributed by atoms with Crippen molar-refractivity contribution in [2.24, 2.45) is 0 Å². The Bertz CT molecular complexity index is 1150. The third-order valence-electron chi connectivity index (χ3n) is 4.81. The van der Waals surface area contributed by atoms with E-state index in [0.717, 1.165) is 10.5 Å². The van der Waals surface area contributed by atoms with Crippen molar-refractivity contribution in [3.8, 4) is 5.75 Å². The van der Waals surface area contributed by atoms with Crippen molar-refractivity contribution in [2.75, 3.05) is 12.0 Å². The van der Waals surface area contributed by atoms with Crippen molar-refractivity contribution in [1.29, 1.82) is 0 Å². The van der Waals surface area contributed by atoms with Gasteiger partial charge in [0, 0.05) is 9.92 Å². The number of carbonyl (C=O) groups is 2. The van der Waals surface area contributed by atoms with Crippen molar-refractivity contribution in [3.63, 3.8) is 0 Å². The van der Waals surface area contributed by atoms with E-state index in [2.05, 4.69) is 0 Å². The Kier molecular flexibility index (Phi) is 5.66. The third-order valence-corrected chi connectivity index (χ3v) is 6.15. The number of hydrogen-bond acceptors (Lipinski definition) is 4. The molecule has 4 nitrogen and oxygen atoms in total. The summed E-state index contributed by atoms with van der Waals surface area (Å²) in [6.07, 6.45) is 0. The Hall–Kier alpha value is -3.02. The fourth-order valence-electron chi connectivity index (χ4n) is 3.27. The molecular weight excluding hydrogens is 418 g/mol. The molecule has 2 amide bonds. The Morgan fingerprint density at radius 1 is 0.867 bits per heavy atom. The van der Waals surface area contributed by atoms with Gasteiger partial charge in [0.05, 0.1) is 23.3 Å². The zero-order valence-electron chi connectivity index (χ0n) is 16.4. The Morgan fingerprint density at radius 3 is 2.17 bits per heavy atom. The van der Waals surface area contributed by atoms with Gasteiger partial charge in [-0.25, -0.2) is 4.90 Å². The van der Waals surface area contributed by atoms with Crippen molar-refractivity contribution in [1.82, 2.24) is 0 Å². The van der Waals surface area contributed by atoms with Gasteiger partial charge in [-0.3, -0.25) is 9.59 Å². The van der Waals surface area contributed by atoms with E-state index in [4.69, 9.17) is 16.3 Å². The van der Waals surface area contributed by atoms with Crippen LogP contribution in [-0.2, 0) is 9.59 Å². The number of methoxy groups -OCH3 is 1. The van der Waals surface area contributed by atoms with Crippen LogP contribution in [0.2, 0.25) is 5.02 Å². The maximum Gasteiger partial charge on any atom is 0.272 e. The number of carbonyl (C=O) groups excluding carboxylic acids is 2. The first-order chi connectivity index (χ1) is 14.5. The van der Waals surface area contributed by atoms with Crippen molar-refractivity contribution in [3.05, 3.63) is 93.9 Å². The van der Waals surface area contributed by atoms with Gasteiger partial charge in [-0.2, -0.15) is 0 Å². The predicted molar refractivity (Wildman–Crippen MR) is 121 cm³/mol. The molecule has 6 heteroatoms. The van der Waals surface area contributed by atoms with Gasteiger partial charge in [0.1, 0.15) is 5.75 Å². The summed E-state index contributed by atoms with van der Waals surface area (Å²) < 4.78 is 5.22. The van der Waals surface area contributed by atoms with Crippen LogP contribution in [0.5, 0.6) is 5.75 Å². The number of aryl methyl sites for hydroxylation is 1. The molecule has 0 N–H and O–H groups in total. The van der Waals surface area contributed by atoms with Gasteiger partial charge in [-0.05, 0) is 60.5 Å². The minimum atomic E-state index is -0.337. The van der Waals surface area contributed by atoms with E-state index < -0.39 is 0 Å². The Labute approximate surface area is 184 Å². The van der Waals surface area contributed by atoms with Crippen LogP contribution in [0, 0.1) is 6.92 Å². The quantitative estimate of drug-likeness (QED) is 0.480. The lowest BCUT2D eigenvalue weighted by molar-refractivity contribution is -0.119. The van der Waals surface area contributed by atoms with Crippen LogP contribution in [0.3, 0.4) is 0 Å². The second-order valence-electron chi connectivity index (χ2n) is 6.72. The Balaban J connectivity index is 1.82. The van der Waals surface area contributed by atoms with Crippen molar-refractivity contribution in [2.45, 2.75) is 11.8 Å². The lowest BCUT2D eigenvalue weighted by atomic mass is 10.1. The zero-order valence-corrected chi connectivity index (χ0v) is 18.0. The first kappa shape index (κ1) is 20.3. The molecule has 0 spiro atoms. The molecule has 0 saturated heterocycles. The SMILES string of the molecule is COc1ccc(C2=C(Sc3ccc(Cl)cc3)C(=O)N(c3ccccc3C)C2=O)cc1. The monoisotopic (exact) mass is 435 g/mol. The highest BCUT2D eigenvalue weighted by Gasteiger charge is 2.40. The largest absolute Gasteiger partial charge is 0.497 e. The highest BCUT2D eigenvalue weighted by Crippen LogP contribution is 2.42. The van der Waals surface area contributed by atoms with Crippen LogP contribution < -0.4 is 9.64 Å². The van der Waals surface area contributed by atoms with Gasteiger partial charge in [0.25, 0.3) is 11.8 Å². The summed E-state index contributed by atoms with van der Waals surface area (Å²) in [5.41, 5.74) is 2.49. The molecule has 0 aliphatic carbocycles. The number of para-hydroxylation sites is 1. The smallest absolute Gasteiger partial charge is 0.272 e. The lowest BCUT2D eigenvalue weighted by Gasteiger charge is -2.17. The number of rotatable bonds is 5. The predicted octanol–water partition coefficient (Wildman–Crippen LogP) is 5.73. The fourth-order valence-corrected chi connectivity index (χ4v) is 4.39. The summed E-state index contributed by atoms with van der Waals surface area (Å²) in [5, 5.41) is 0.610. The molecule has 0 unspecified atom stereocenters. The minimum absolute atomic E-state index is 0.333. The standard InChI is InChI=1S/C24H18ClNO3S/c1-15-5-3-4-6-20(15)26-23(27)21(16-7-11-18(29-2)12-8-16)22(24(26)28)30-19-13-9-17(25)10-14-19/h3-14H,1-2H3. The van der Waals surface area contributed by atoms with Crippen molar-refractivity contribution >= 4 is 46.4 Å². The van der Waals surface area contributed by atoms with Gasteiger partial charge in [-0.15, -0.1) is 0 Å². The topological polar surface area (TPSA) is 46.6 Å². The van der Waals surface area contributed by atoms with Gasteiger partial charge in [-0.1, -0.05) is 53.7 Å². The maximum absolute atomic E-state index is 13.5. The van der Waals surface area contributed by atoms with E-state index >= 15 is 0 Å². The van der Waals surface area contributed by atoms with Gasteiger partial charge >= 0.3 is 0 Å². The van der Waals surface area contributed by atoms with E-state index in [-0.39, 0.29) is 11.8 Å². The molecule has 150 valence electrons. The molecule has 0 radical (unpaired) electrons. The number of thioether (sulfide) groups is 1. The van der Waals surface area contributed by atoms with Crippen LogP contribution in [-0.4, -0.2) is 18.9 Å². The van der Waals surface area contributed by atoms with E-state index in [9.17, 15) is 9.59 Å². The molecular formula is C24H18ClNO3S.